The summed E-state index contributed by atoms with van der Waals surface area (Å²) < 4.78 is 15.5. The molecule has 1 aliphatic heterocycles. The van der Waals surface area contributed by atoms with Crippen molar-refractivity contribution in [1.29, 1.82) is 0 Å². The van der Waals surface area contributed by atoms with E-state index in [2.05, 4.69) is 10.6 Å². The van der Waals surface area contributed by atoms with Crippen molar-refractivity contribution in [2.24, 2.45) is 24.6 Å². The highest BCUT2D eigenvalue weighted by Crippen LogP contribution is 2.42. The first-order valence-electron chi connectivity index (χ1n) is 15.4. The van der Waals surface area contributed by atoms with Crippen LogP contribution in [0.2, 0.25) is 5.02 Å². The van der Waals surface area contributed by atoms with Gasteiger partial charge in [0.1, 0.15) is 16.9 Å². The van der Waals surface area contributed by atoms with Gasteiger partial charge in [-0.1, -0.05) is 11.6 Å². The van der Waals surface area contributed by atoms with Gasteiger partial charge in [0.25, 0.3) is 5.91 Å². The number of hydrogen-bond acceptors (Lipinski definition) is 7. The number of rotatable bonds is 7. The Morgan fingerprint density at radius 1 is 1.04 bits per heavy atom. The Bertz CT molecular complexity index is 2010. The highest BCUT2D eigenvalue weighted by atomic mass is 35.5. The molecule has 4 heterocycles. The molecule has 3 aromatic heterocycles. The number of carbonyl (C=O) groups excluding carboxylic acids is 1. The Labute approximate surface area is 265 Å². The minimum Gasteiger partial charge on any atom is -0.503 e. The fourth-order valence-electron chi connectivity index (χ4n) is 7.36. The summed E-state index contributed by atoms with van der Waals surface area (Å²) in [6, 6.07) is 13.4. The molecule has 3 unspecified atom stereocenters. The van der Waals surface area contributed by atoms with Crippen molar-refractivity contribution in [1.82, 2.24) is 24.0 Å². The van der Waals surface area contributed by atoms with Gasteiger partial charge in [0, 0.05) is 48.7 Å². The Hall–Kier alpha value is -4.28. The van der Waals surface area contributed by atoms with Crippen LogP contribution in [0.4, 0.5) is 0 Å². The molecule has 5 aromatic rings. The van der Waals surface area contributed by atoms with Gasteiger partial charge in [-0.15, -0.1) is 0 Å². The number of fused-ring (bicyclic) bond motifs is 4. The van der Waals surface area contributed by atoms with E-state index in [0.717, 1.165) is 58.7 Å². The van der Waals surface area contributed by atoms with Crippen LogP contribution >= 0.6 is 11.6 Å². The summed E-state index contributed by atoms with van der Waals surface area (Å²) >= 11 is 6.32. The molecule has 3 fully saturated rings. The second-order valence-electron chi connectivity index (χ2n) is 12.7. The van der Waals surface area contributed by atoms with Gasteiger partial charge < -0.3 is 34.3 Å². The molecular weight excluding hydrogens is 592 g/mol. The molecule has 232 valence electrons. The first-order chi connectivity index (χ1) is 21.7. The van der Waals surface area contributed by atoms with Crippen molar-refractivity contribution in [3.05, 3.63) is 53.1 Å². The predicted octanol–water partition coefficient (Wildman–Crippen LogP) is 5.60. The minimum atomic E-state index is -0.0956. The van der Waals surface area contributed by atoms with Gasteiger partial charge in [-0.25, -0.2) is 9.97 Å². The minimum absolute atomic E-state index is 0.0180. The third-order valence-corrected chi connectivity index (χ3v) is 10.3. The van der Waals surface area contributed by atoms with Crippen LogP contribution in [0.15, 0.2) is 42.5 Å². The number of amides is 1. The second-order valence-corrected chi connectivity index (χ2v) is 13.1. The zero-order valence-corrected chi connectivity index (χ0v) is 26.2. The smallest absolute Gasteiger partial charge is 0.254 e. The van der Waals surface area contributed by atoms with E-state index in [1.54, 1.807) is 19.2 Å². The number of imidazole rings is 1. The molecule has 45 heavy (non-hydrogen) atoms. The van der Waals surface area contributed by atoms with Gasteiger partial charge in [-0.05, 0) is 80.0 Å². The topological polar surface area (TPSA) is 121 Å². The number of hydrogen-bond donors (Lipinski definition) is 2. The Kier molecular flexibility index (Phi) is 6.51. The molecular formula is C34H35ClN6O4. The molecule has 3 aliphatic rings. The molecule has 3 N–H and O–H groups in total. The molecule has 11 heteroatoms. The number of ether oxygens (including phenoxy) is 2. The number of nitrogens with zero attached hydrogens (tertiary/aromatic N) is 5. The van der Waals surface area contributed by atoms with Gasteiger partial charge in [0.15, 0.2) is 17.3 Å². The number of methoxy groups -OCH3 is 2. The van der Waals surface area contributed by atoms with Gasteiger partial charge in [-0.2, -0.15) is 0 Å². The molecule has 2 aromatic carbocycles. The molecule has 1 amide bonds. The Balaban J connectivity index is 1.24. The first-order valence-corrected chi connectivity index (χ1v) is 15.8. The Morgan fingerprint density at radius 3 is 2.53 bits per heavy atom. The van der Waals surface area contributed by atoms with E-state index in [-0.39, 0.29) is 28.8 Å². The maximum Gasteiger partial charge on any atom is 0.254 e. The van der Waals surface area contributed by atoms with Crippen molar-refractivity contribution < 1.29 is 19.4 Å². The molecule has 3 atom stereocenters. The molecule has 0 spiro atoms. The van der Waals surface area contributed by atoms with Gasteiger partial charge in [-0.3, -0.25) is 4.79 Å². The molecule has 8 rings (SSSR count). The number of aromatic nitrogens is 4. The van der Waals surface area contributed by atoms with Gasteiger partial charge >= 0.3 is 0 Å². The summed E-state index contributed by atoms with van der Waals surface area (Å²) in [6.45, 7) is 1.52. The molecule has 2 aliphatic carbocycles. The highest BCUT2D eigenvalue weighted by Gasteiger charge is 2.47. The number of carbonyl (C=O) groups is 1. The van der Waals surface area contributed by atoms with Crippen LogP contribution in [0.25, 0.3) is 44.8 Å². The quantitative estimate of drug-likeness (QED) is 0.241. The molecule has 0 radical (unpaired) electrons. The zero-order chi connectivity index (χ0) is 31.1. The molecule has 2 saturated carbocycles. The summed E-state index contributed by atoms with van der Waals surface area (Å²) in [7, 11) is 5.11. The van der Waals surface area contributed by atoms with Crippen molar-refractivity contribution >= 4 is 39.6 Å². The van der Waals surface area contributed by atoms with E-state index < -0.39 is 0 Å². The van der Waals surface area contributed by atoms with Gasteiger partial charge in [0.05, 0.1) is 36.1 Å². The lowest BCUT2D eigenvalue weighted by Gasteiger charge is -2.27. The average molecular weight is 627 g/mol. The van der Waals surface area contributed by atoms with Crippen molar-refractivity contribution in [2.75, 3.05) is 20.8 Å². The van der Waals surface area contributed by atoms with Crippen molar-refractivity contribution in [2.45, 2.75) is 44.3 Å². The van der Waals surface area contributed by atoms with Gasteiger partial charge in [0.2, 0.25) is 0 Å². The number of benzene rings is 2. The highest BCUT2D eigenvalue weighted by molar-refractivity contribution is 6.32. The van der Waals surface area contributed by atoms with E-state index in [1.807, 2.05) is 40.8 Å². The lowest BCUT2D eigenvalue weighted by Crippen LogP contribution is -2.41. The van der Waals surface area contributed by atoms with Crippen LogP contribution in [-0.2, 0) is 13.6 Å². The number of likely N-dealkylation sites (tertiary alicyclic amines) is 1. The van der Waals surface area contributed by atoms with Crippen LogP contribution < -0.4 is 15.2 Å². The fraction of sp³-hybridized carbons (Fsp3) is 0.382. The van der Waals surface area contributed by atoms with E-state index in [0.29, 0.717) is 41.0 Å². The SMILES string of the molecule is COc1cc(-c2ccc3cc(-c4nc5cc(C(=O)N6CC7CCC6C7N)cc(OC)c5n4C)n(CC4CC4)c3n2)cc(Cl)c1O. The maximum atomic E-state index is 13.7. The third kappa shape index (κ3) is 4.45. The number of piperidine rings is 1. The Morgan fingerprint density at radius 2 is 1.84 bits per heavy atom. The standard InChI is InChI=1S/C34H35ClN6O4/c1-39-30-24(11-21(14-27(30)44-2)34(43)41-16-19-7-9-25(41)29(19)36)38-33(39)26-12-18-6-8-23(37-32(18)40(26)15-17-4-5-17)20-10-22(35)31(42)28(13-20)45-3/h6,8,10-14,17,19,25,29,42H,4-5,7,9,15-16,36H2,1-3H3. The lowest BCUT2D eigenvalue weighted by atomic mass is 10.1. The maximum absolute atomic E-state index is 13.7. The first kappa shape index (κ1) is 28.2. The number of nitrogens with two attached hydrogens (primary N) is 1. The fourth-order valence-corrected chi connectivity index (χ4v) is 7.57. The van der Waals surface area contributed by atoms with E-state index >= 15 is 0 Å². The number of aryl methyl sites for hydroxylation is 1. The van der Waals surface area contributed by atoms with Crippen LogP contribution in [-0.4, -0.2) is 67.9 Å². The summed E-state index contributed by atoms with van der Waals surface area (Å²) in [5.74, 6) is 2.50. The van der Waals surface area contributed by atoms with E-state index in [9.17, 15) is 9.90 Å². The lowest BCUT2D eigenvalue weighted by molar-refractivity contribution is 0.0700. The number of phenols is 1. The number of halogens is 1. The third-order valence-electron chi connectivity index (χ3n) is 9.97. The normalized spacial score (nSPS) is 20.9. The van der Waals surface area contributed by atoms with Crippen LogP contribution in [0.5, 0.6) is 17.2 Å². The van der Waals surface area contributed by atoms with Crippen molar-refractivity contribution in [3.63, 3.8) is 0 Å². The zero-order valence-electron chi connectivity index (χ0n) is 25.5. The average Bonchev–Trinajstić information content (AvgIpc) is 3.45. The number of pyridine rings is 1. The monoisotopic (exact) mass is 626 g/mol. The van der Waals surface area contributed by atoms with E-state index in [1.165, 1.54) is 20.0 Å². The van der Waals surface area contributed by atoms with Crippen molar-refractivity contribution in [3.8, 4) is 40.0 Å². The molecule has 2 bridgehead atoms. The number of phenolic OH excluding ortho intramolecular Hbond substituents is 1. The van der Waals surface area contributed by atoms with Crippen LogP contribution in [0.1, 0.15) is 36.0 Å². The summed E-state index contributed by atoms with van der Waals surface area (Å²) in [4.78, 5) is 25.9. The number of aromatic hydroxyl groups is 1. The molecule has 1 saturated heterocycles. The van der Waals surface area contributed by atoms with E-state index in [4.69, 9.17) is 36.8 Å². The second kappa shape index (κ2) is 10.4. The summed E-state index contributed by atoms with van der Waals surface area (Å²) in [5.41, 5.74) is 11.8. The van der Waals surface area contributed by atoms with Crippen LogP contribution in [0, 0.1) is 11.8 Å². The summed E-state index contributed by atoms with van der Waals surface area (Å²) in [6.07, 6.45) is 4.39. The van der Waals surface area contributed by atoms with Crippen LogP contribution in [0.3, 0.4) is 0 Å². The predicted molar refractivity (Wildman–Crippen MR) is 173 cm³/mol. The summed E-state index contributed by atoms with van der Waals surface area (Å²) in [5, 5.41) is 11.4. The molecule has 10 nitrogen and oxygen atoms in total. The largest absolute Gasteiger partial charge is 0.503 e.